The van der Waals surface area contributed by atoms with Crippen LogP contribution in [0.2, 0.25) is 0 Å². The Morgan fingerprint density at radius 2 is 2.04 bits per heavy atom. The highest BCUT2D eigenvalue weighted by atomic mass is 127. The molecule has 2 rings (SSSR count). The lowest BCUT2D eigenvalue weighted by Gasteiger charge is -2.30. The van der Waals surface area contributed by atoms with Gasteiger partial charge in [0.25, 0.3) is 0 Å². The van der Waals surface area contributed by atoms with Crippen LogP contribution in [0.15, 0.2) is 11.2 Å². The van der Waals surface area contributed by atoms with E-state index in [1.54, 1.807) is 11.3 Å². The molecule has 26 heavy (non-hydrogen) atoms. The molecule has 1 aromatic rings. The van der Waals surface area contributed by atoms with Crippen molar-refractivity contribution in [1.29, 1.82) is 0 Å². The van der Waals surface area contributed by atoms with Crippen molar-refractivity contribution < 1.29 is 4.74 Å². The van der Waals surface area contributed by atoms with Gasteiger partial charge in [0, 0.05) is 37.4 Å². The van der Waals surface area contributed by atoms with E-state index in [4.69, 9.17) is 9.73 Å². The van der Waals surface area contributed by atoms with E-state index in [9.17, 15) is 0 Å². The molecule has 0 atom stereocenters. The highest BCUT2D eigenvalue weighted by molar-refractivity contribution is 14.0. The number of guanidine groups is 1. The summed E-state index contributed by atoms with van der Waals surface area (Å²) < 4.78 is 5.61. The molecule has 2 N–H and O–H groups in total. The van der Waals surface area contributed by atoms with Gasteiger partial charge in [0.15, 0.2) is 5.96 Å². The van der Waals surface area contributed by atoms with Crippen molar-refractivity contribution in [3.8, 4) is 0 Å². The lowest BCUT2D eigenvalue weighted by Crippen LogP contribution is -2.43. The summed E-state index contributed by atoms with van der Waals surface area (Å²) in [5, 5.41) is 8.03. The van der Waals surface area contributed by atoms with Crippen molar-refractivity contribution in [2.24, 2.45) is 10.4 Å². The molecule has 0 amide bonds. The van der Waals surface area contributed by atoms with Gasteiger partial charge in [-0.2, -0.15) is 0 Å². The molecule has 0 unspecified atom stereocenters. The molecule has 1 aliphatic rings. The van der Waals surface area contributed by atoms with E-state index in [0.29, 0.717) is 12.0 Å². The second-order valence-electron chi connectivity index (χ2n) is 6.78. The van der Waals surface area contributed by atoms with Crippen LogP contribution in [0, 0.1) is 5.41 Å². The fourth-order valence-corrected chi connectivity index (χ4v) is 4.20. The number of nitrogens with zero attached hydrogens (tertiary/aromatic N) is 2. The number of hydrogen-bond acceptors (Lipinski definition) is 4. The summed E-state index contributed by atoms with van der Waals surface area (Å²) >= 11 is 1.76. The minimum Gasteiger partial charge on any atom is -0.382 e. The number of rotatable bonds is 10. The highest BCUT2D eigenvalue weighted by Crippen LogP contribution is 2.40. The van der Waals surface area contributed by atoms with Crippen LogP contribution in [0.1, 0.15) is 62.8 Å². The number of aliphatic imine (C=N–C) groups is 1. The lowest BCUT2D eigenvalue weighted by atomic mass is 9.83. The Hall–Kier alpha value is -0.410. The van der Waals surface area contributed by atoms with Gasteiger partial charge >= 0.3 is 0 Å². The van der Waals surface area contributed by atoms with Crippen molar-refractivity contribution >= 4 is 41.3 Å². The molecule has 5 nitrogen and oxygen atoms in total. The fraction of sp³-hybridized carbons (Fsp3) is 0.789. The summed E-state index contributed by atoms with van der Waals surface area (Å²) in [6.07, 6.45) is 9.40. The zero-order valence-corrected chi connectivity index (χ0v) is 19.6. The summed E-state index contributed by atoms with van der Waals surface area (Å²) in [5.41, 5.74) is 0.363. The van der Waals surface area contributed by atoms with Crippen molar-refractivity contribution in [2.45, 2.75) is 65.8 Å². The lowest BCUT2D eigenvalue weighted by molar-refractivity contribution is 0.105. The van der Waals surface area contributed by atoms with E-state index in [1.165, 1.54) is 30.6 Å². The number of thiazole rings is 1. The summed E-state index contributed by atoms with van der Waals surface area (Å²) in [6.45, 7) is 10.5. The molecule has 7 heteroatoms. The zero-order chi connectivity index (χ0) is 18.0. The second kappa shape index (κ2) is 12.9. The first kappa shape index (κ1) is 23.6. The number of ether oxygens (including phenoxy) is 1. The average Bonchev–Trinajstić information content (AvgIpc) is 3.27. The summed E-state index contributed by atoms with van der Waals surface area (Å²) in [7, 11) is 0. The molecule has 1 saturated carbocycles. The molecule has 0 bridgehead atoms. The molecule has 1 aromatic heterocycles. The molecule has 150 valence electrons. The number of nitrogens with one attached hydrogen (secondary N) is 2. The minimum absolute atomic E-state index is 0. The van der Waals surface area contributed by atoms with Crippen LogP contribution in [0.4, 0.5) is 0 Å². The van der Waals surface area contributed by atoms with Crippen LogP contribution >= 0.6 is 35.3 Å². The Balaban J connectivity index is 0.00000338. The third-order valence-corrected chi connectivity index (χ3v) is 6.07. The van der Waals surface area contributed by atoms with E-state index in [2.05, 4.69) is 36.4 Å². The normalized spacial score (nSPS) is 16.3. The first-order valence-corrected chi connectivity index (χ1v) is 10.6. The van der Waals surface area contributed by atoms with Gasteiger partial charge in [-0.25, -0.2) is 9.98 Å². The van der Waals surface area contributed by atoms with Crippen LogP contribution in [-0.4, -0.2) is 37.2 Å². The molecule has 0 aromatic carbocycles. The van der Waals surface area contributed by atoms with Crippen LogP contribution in [0.25, 0.3) is 0 Å². The van der Waals surface area contributed by atoms with Gasteiger partial charge in [0.05, 0.1) is 6.54 Å². The maximum atomic E-state index is 5.61. The number of hydrogen-bond donors (Lipinski definition) is 2. The monoisotopic (exact) mass is 494 g/mol. The maximum Gasteiger partial charge on any atom is 0.191 e. The fourth-order valence-electron chi connectivity index (χ4n) is 3.42. The van der Waals surface area contributed by atoms with Crippen molar-refractivity contribution in [2.75, 3.05) is 26.3 Å². The smallest absolute Gasteiger partial charge is 0.191 e. The summed E-state index contributed by atoms with van der Waals surface area (Å²) in [5.74, 6) is 0.901. The van der Waals surface area contributed by atoms with Crippen LogP contribution < -0.4 is 10.6 Å². The first-order chi connectivity index (χ1) is 12.2. The molecular formula is C19H35IN4OS. The quantitative estimate of drug-likeness (QED) is 0.220. The standard InChI is InChI=1S/C19H34N4OS.HI/c1-4-16-13-21-17(25-16)14-22-18(20-5-2)23-15-19(9-7-8-10-19)11-12-24-6-3;/h13H,4-12,14-15H2,1-3H3,(H2,20,22,23);1H. The Labute approximate surface area is 179 Å². The highest BCUT2D eigenvalue weighted by Gasteiger charge is 2.33. The molecule has 0 saturated heterocycles. The minimum atomic E-state index is 0. The van der Waals surface area contributed by atoms with Crippen LogP contribution in [0.5, 0.6) is 0 Å². The van der Waals surface area contributed by atoms with E-state index < -0.39 is 0 Å². The molecule has 0 radical (unpaired) electrons. The van der Waals surface area contributed by atoms with Crippen LogP contribution in [-0.2, 0) is 17.7 Å². The van der Waals surface area contributed by atoms with Gasteiger partial charge in [0.2, 0.25) is 0 Å². The molecular weight excluding hydrogens is 459 g/mol. The van der Waals surface area contributed by atoms with Gasteiger partial charge < -0.3 is 15.4 Å². The molecule has 0 aliphatic heterocycles. The molecule has 0 spiro atoms. The Morgan fingerprint density at radius 1 is 1.27 bits per heavy atom. The van der Waals surface area contributed by atoms with E-state index in [1.807, 2.05) is 6.20 Å². The summed E-state index contributed by atoms with van der Waals surface area (Å²) in [6, 6.07) is 0. The maximum absolute atomic E-state index is 5.61. The zero-order valence-electron chi connectivity index (χ0n) is 16.5. The average molecular weight is 494 g/mol. The third kappa shape index (κ3) is 7.68. The van der Waals surface area contributed by atoms with Crippen molar-refractivity contribution in [3.63, 3.8) is 0 Å². The first-order valence-electron chi connectivity index (χ1n) is 9.75. The van der Waals surface area contributed by atoms with E-state index in [0.717, 1.165) is 50.1 Å². The largest absolute Gasteiger partial charge is 0.382 e. The summed E-state index contributed by atoms with van der Waals surface area (Å²) in [4.78, 5) is 10.5. The Morgan fingerprint density at radius 3 is 2.65 bits per heavy atom. The van der Waals surface area contributed by atoms with Gasteiger partial charge in [-0.3, -0.25) is 0 Å². The third-order valence-electron chi connectivity index (χ3n) is 4.94. The Kier molecular flexibility index (Phi) is 11.7. The predicted octanol–water partition coefficient (Wildman–Crippen LogP) is 4.37. The SMILES string of the molecule is CCNC(=NCc1ncc(CC)s1)NCC1(CCOCC)CCCC1.I. The molecule has 1 heterocycles. The predicted molar refractivity (Wildman–Crippen MR) is 122 cm³/mol. The van der Waals surface area contributed by atoms with E-state index in [-0.39, 0.29) is 24.0 Å². The van der Waals surface area contributed by atoms with E-state index >= 15 is 0 Å². The Bertz CT molecular complexity index is 529. The van der Waals surface area contributed by atoms with Gasteiger partial charge in [-0.1, -0.05) is 19.8 Å². The van der Waals surface area contributed by atoms with Crippen molar-refractivity contribution in [1.82, 2.24) is 15.6 Å². The van der Waals surface area contributed by atoms with Crippen LogP contribution in [0.3, 0.4) is 0 Å². The number of aromatic nitrogens is 1. The van der Waals surface area contributed by atoms with Gasteiger partial charge in [-0.05, 0) is 44.9 Å². The van der Waals surface area contributed by atoms with Gasteiger partial charge in [-0.15, -0.1) is 35.3 Å². The topological polar surface area (TPSA) is 58.5 Å². The van der Waals surface area contributed by atoms with Gasteiger partial charge in [0.1, 0.15) is 5.01 Å². The molecule has 1 fully saturated rings. The number of aryl methyl sites for hydroxylation is 1. The second-order valence-corrected chi connectivity index (χ2v) is 7.98. The molecule has 1 aliphatic carbocycles. The van der Waals surface area contributed by atoms with Crippen molar-refractivity contribution in [3.05, 3.63) is 16.1 Å². The number of halogens is 1.